The van der Waals surface area contributed by atoms with Crippen LogP contribution in [0, 0.1) is 11.8 Å². The first-order valence-electron chi connectivity index (χ1n) is 4.33. The van der Waals surface area contributed by atoms with Gasteiger partial charge in [-0.15, -0.1) is 0 Å². The predicted octanol–water partition coefficient (Wildman–Crippen LogP) is 2.79. The summed E-state index contributed by atoms with van der Waals surface area (Å²) in [7, 11) is 6.19. The Kier molecular flexibility index (Phi) is 2.12. The first kappa shape index (κ1) is 8.16. The molecule has 2 unspecified atom stereocenters. The van der Waals surface area contributed by atoms with E-state index < -0.39 is 0 Å². The van der Waals surface area contributed by atoms with Gasteiger partial charge in [0, 0.05) is 0 Å². The molecule has 1 saturated carbocycles. The molecule has 1 aliphatic rings. The summed E-state index contributed by atoms with van der Waals surface area (Å²) in [6, 6.07) is 0. The van der Waals surface area contributed by atoms with Gasteiger partial charge < -0.3 is 0 Å². The van der Waals surface area contributed by atoms with E-state index in [0.717, 1.165) is 5.92 Å². The Morgan fingerprint density at radius 2 is 2.10 bits per heavy atom. The van der Waals surface area contributed by atoms with Crippen LogP contribution in [0.25, 0.3) is 0 Å². The first-order chi connectivity index (χ1) is 4.54. The van der Waals surface area contributed by atoms with Crippen LogP contribution in [0.3, 0.4) is 0 Å². The molecule has 56 valence electrons. The van der Waals surface area contributed by atoms with Crippen LogP contribution in [-0.2, 0) is 0 Å². The average Bonchev–Trinajstić information content (AvgIpc) is 2.13. The van der Waals surface area contributed by atoms with E-state index in [4.69, 9.17) is 7.85 Å². The highest BCUT2D eigenvalue weighted by Crippen LogP contribution is 2.50. The average molecular weight is 136 g/mol. The van der Waals surface area contributed by atoms with Crippen molar-refractivity contribution in [2.45, 2.75) is 45.3 Å². The van der Waals surface area contributed by atoms with Crippen LogP contribution >= 0.6 is 0 Å². The molecule has 1 rings (SSSR count). The summed E-state index contributed by atoms with van der Waals surface area (Å²) in [5.74, 6) is 1.50. The highest BCUT2D eigenvalue weighted by atomic mass is 14.4. The van der Waals surface area contributed by atoms with Gasteiger partial charge in [-0.25, -0.2) is 0 Å². The molecule has 0 bridgehead atoms. The number of hydrogen-bond acceptors (Lipinski definition) is 0. The number of rotatable bonds is 1. The third-order valence-corrected chi connectivity index (χ3v) is 2.98. The monoisotopic (exact) mass is 136 g/mol. The Balaban J connectivity index is 2.54. The SMILES string of the molecule is [B]C1(C(C)C)CCC(C)C1. The van der Waals surface area contributed by atoms with E-state index in [1.54, 1.807) is 0 Å². The van der Waals surface area contributed by atoms with E-state index in [2.05, 4.69) is 20.8 Å². The summed E-state index contributed by atoms with van der Waals surface area (Å²) in [5, 5.41) is 0.166. The normalized spacial score (nSPS) is 41.0. The van der Waals surface area contributed by atoms with Crippen LogP contribution in [0.2, 0.25) is 5.31 Å². The van der Waals surface area contributed by atoms with Crippen molar-refractivity contribution in [2.24, 2.45) is 11.8 Å². The van der Waals surface area contributed by atoms with Crippen molar-refractivity contribution >= 4 is 7.85 Å². The maximum Gasteiger partial charge on any atom is 0.0749 e. The lowest BCUT2D eigenvalue weighted by Gasteiger charge is -2.29. The van der Waals surface area contributed by atoms with Gasteiger partial charge in [0.2, 0.25) is 0 Å². The van der Waals surface area contributed by atoms with Crippen molar-refractivity contribution < 1.29 is 0 Å². The van der Waals surface area contributed by atoms with E-state index in [-0.39, 0.29) is 5.31 Å². The first-order valence-corrected chi connectivity index (χ1v) is 4.33. The van der Waals surface area contributed by atoms with E-state index in [9.17, 15) is 0 Å². The molecule has 1 aliphatic carbocycles. The lowest BCUT2D eigenvalue weighted by Crippen LogP contribution is -2.15. The van der Waals surface area contributed by atoms with Crippen molar-refractivity contribution in [2.75, 3.05) is 0 Å². The minimum atomic E-state index is 0.166. The fourth-order valence-electron chi connectivity index (χ4n) is 1.89. The fraction of sp³-hybridized carbons (Fsp3) is 1.00. The number of hydrogen-bond donors (Lipinski definition) is 0. The van der Waals surface area contributed by atoms with Crippen molar-refractivity contribution in [3.8, 4) is 0 Å². The second-order valence-electron chi connectivity index (χ2n) is 4.24. The van der Waals surface area contributed by atoms with Gasteiger partial charge in [0.1, 0.15) is 0 Å². The van der Waals surface area contributed by atoms with Gasteiger partial charge in [0.25, 0.3) is 0 Å². The summed E-state index contributed by atoms with van der Waals surface area (Å²) in [6.45, 7) is 6.77. The molecule has 0 aromatic heterocycles. The summed E-state index contributed by atoms with van der Waals surface area (Å²) < 4.78 is 0. The fourth-order valence-corrected chi connectivity index (χ4v) is 1.89. The molecule has 10 heavy (non-hydrogen) atoms. The molecule has 0 nitrogen and oxygen atoms in total. The smallest absolute Gasteiger partial charge is 0.0635 e. The van der Waals surface area contributed by atoms with Crippen molar-refractivity contribution in [3.05, 3.63) is 0 Å². The molecule has 2 radical (unpaired) electrons. The molecule has 1 fully saturated rings. The van der Waals surface area contributed by atoms with Crippen molar-refractivity contribution in [1.29, 1.82) is 0 Å². The van der Waals surface area contributed by atoms with Gasteiger partial charge in [0.05, 0.1) is 7.85 Å². The lowest BCUT2D eigenvalue weighted by atomic mass is 9.60. The molecular formula is C9H17B. The summed E-state index contributed by atoms with van der Waals surface area (Å²) in [5.41, 5.74) is 0. The second kappa shape index (κ2) is 2.60. The molecule has 0 aromatic carbocycles. The molecule has 0 saturated heterocycles. The lowest BCUT2D eigenvalue weighted by molar-refractivity contribution is 0.408. The molecule has 2 atom stereocenters. The largest absolute Gasteiger partial charge is 0.0749 e. The van der Waals surface area contributed by atoms with Crippen LogP contribution in [-0.4, -0.2) is 7.85 Å². The molecular weight excluding hydrogens is 119 g/mol. The highest BCUT2D eigenvalue weighted by Gasteiger charge is 2.34. The quantitative estimate of drug-likeness (QED) is 0.486. The Hall–Kier alpha value is 0.0649. The van der Waals surface area contributed by atoms with Crippen LogP contribution in [0.5, 0.6) is 0 Å². The van der Waals surface area contributed by atoms with Crippen molar-refractivity contribution in [3.63, 3.8) is 0 Å². The molecule has 0 aliphatic heterocycles. The zero-order valence-electron chi connectivity index (χ0n) is 7.35. The van der Waals surface area contributed by atoms with Crippen molar-refractivity contribution in [1.82, 2.24) is 0 Å². The van der Waals surface area contributed by atoms with Crippen LogP contribution in [0.1, 0.15) is 40.0 Å². The topological polar surface area (TPSA) is 0 Å². The molecule has 1 heteroatoms. The minimum Gasteiger partial charge on any atom is -0.0635 e. The van der Waals surface area contributed by atoms with E-state index in [0.29, 0.717) is 5.92 Å². The van der Waals surface area contributed by atoms with Gasteiger partial charge in [0.15, 0.2) is 0 Å². The summed E-state index contributed by atoms with van der Waals surface area (Å²) >= 11 is 0. The molecule has 0 N–H and O–H groups in total. The standard InChI is InChI=1S/C9H17B/c1-7(2)9(10)5-4-8(3)6-9/h7-8H,4-6H2,1-3H3. The van der Waals surface area contributed by atoms with Gasteiger partial charge in [-0.05, 0) is 11.8 Å². The molecule has 0 aromatic rings. The third-order valence-electron chi connectivity index (χ3n) is 2.98. The van der Waals surface area contributed by atoms with Gasteiger partial charge in [-0.1, -0.05) is 45.3 Å². The predicted molar refractivity (Wildman–Crippen MR) is 46.3 cm³/mol. The Bertz CT molecular complexity index is 120. The molecule has 0 spiro atoms. The Morgan fingerprint density at radius 3 is 2.30 bits per heavy atom. The van der Waals surface area contributed by atoms with Gasteiger partial charge in [-0.3, -0.25) is 0 Å². The Morgan fingerprint density at radius 1 is 1.50 bits per heavy atom. The second-order valence-corrected chi connectivity index (χ2v) is 4.24. The van der Waals surface area contributed by atoms with Gasteiger partial charge in [-0.2, -0.15) is 0 Å². The minimum absolute atomic E-state index is 0.166. The molecule has 0 heterocycles. The Labute approximate surface area is 65.8 Å². The third kappa shape index (κ3) is 1.38. The zero-order chi connectivity index (χ0) is 7.78. The van der Waals surface area contributed by atoms with E-state index >= 15 is 0 Å². The maximum atomic E-state index is 6.19. The summed E-state index contributed by atoms with van der Waals surface area (Å²) in [4.78, 5) is 0. The van der Waals surface area contributed by atoms with E-state index in [1.807, 2.05) is 0 Å². The van der Waals surface area contributed by atoms with Crippen LogP contribution in [0.15, 0.2) is 0 Å². The molecule has 0 amide bonds. The van der Waals surface area contributed by atoms with Crippen LogP contribution in [0.4, 0.5) is 0 Å². The van der Waals surface area contributed by atoms with Crippen LogP contribution < -0.4 is 0 Å². The van der Waals surface area contributed by atoms with Gasteiger partial charge >= 0.3 is 0 Å². The zero-order valence-corrected chi connectivity index (χ0v) is 7.35. The maximum absolute atomic E-state index is 6.19. The highest BCUT2D eigenvalue weighted by molar-refractivity contribution is 6.15. The van der Waals surface area contributed by atoms with E-state index in [1.165, 1.54) is 19.3 Å². The summed E-state index contributed by atoms with van der Waals surface area (Å²) in [6.07, 6.45) is 3.78.